The molecule has 0 aliphatic heterocycles. The lowest BCUT2D eigenvalue weighted by Gasteiger charge is -2.12. The summed E-state index contributed by atoms with van der Waals surface area (Å²) in [5.41, 5.74) is 0.855. The van der Waals surface area contributed by atoms with Gasteiger partial charge in [0.2, 0.25) is 0 Å². The summed E-state index contributed by atoms with van der Waals surface area (Å²) in [6.45, 7) is -0.0566. The van der Waals surface area contributed by atoms with Gasteiger partial charge in [-0.25, -0.2) is 14.2 Å². The van der Waals surface area contributed by atoms with Gasteiger partial charge in [-0.05, 0) is 30.3 Å². The van der Waals surface area contributed by atoms with Gasteiger partial charge in [-0.2, -0.15) is 0 Å². The quantitative estimate of drug-likeness (QED) is 0.258. The topological polar surface area (TPSA) is 101 Å². The number of carboxylic acids is 1. The molecule has 0 saturated carbocycles. The van der Waals surface area contributed by atoms with E-state index in [0.29, 0.717) is 11.1 Å². The molecule has 0 amide bonds. The molecule has 0 fully saturated rings. The molecule has 0 spiro atoms. The number of hydrogen-bond donors (Lipinski definition) is 2. The fourth-order valence-electron chi connectivity index (χ4n) is 4.64. The van der Waals surface area contributed by atoms with Crippen molar-refractivity contribution in [2.24, 2.45) is 0 Å². The van der Waals surface area contributed by atoms with Gasteiger partial charge < -0.3 is 19.1 Å². The Balaban J connectivity index is 1.75. The molecule has 36 heavy (non-hydrogen) atoms. The summed E-state index contributed by atoms with van der Waals surface area (Å²) in [5, 5.41) is 11.6. The largest absolute Gasteiger partial charge is 0.477 e. The van der Waals surface area contributed by atoms with Gasteiger partial charge in [-0.15, -0.1) is 0 Å². The second-order valence-electron chi connectivity index (χ2n) is 8.20. The highest BCUT2D eigenvalue weighted by Gasteiger charge is 2.30. The van der Waals surface area contributed by atoms with Crippen LogP contribution in [-0.2, 0) is 6.54 Å². The maximum atomic E-state index is 15.2. The Morgan fingerprint density at radius 3 is 2.72 bits per heavy atom. The monoisotopic (exact) mass is 521 g/mol. The van der Waals surface area contributed by atoms with Gasteiger partial charge in [0.1, 0.15) is 28.5 Å². The van der Waals surface area contributed by atoms with Gasteiger partial charge in [-0.3, -0.25) is 4.79 Å². The third-order valence-corrected chi connectivity index (χ3v) is 6.75. The molecule has 2 aromatic carbocycles. The Kier molecular flexibility index (Phi) is 5.10. The first-order valence-electron chi connectivity index (χ1n) is 10.7. The number of H-pyrrole nitrogens is 1. The van der Waals surface area contributed by atoms with E-state index in [-0.39, 0.29) is 55.4 Å². The smallest absolute Gasteiger partial charge is 0.353 e. The van der Waals surface area contributed by atoms with Crippen molar-refractivity contribution >= 4 is 61.9 Å². The molecular weight excluding hydrogens is 508 g/mol. The third-order valence-electron chi connectivity index (χ3n) is 6.15. The Morgan fingerprint density at radius 1 is 1.14 bits per heavy atom. The minimum Gasteiger partial charge on any atom is -0.477 e. The molecule has 0 atom stereocenters. The molecule has 6 aromatic rings. The number of benzene rings is 2. The van der Waals surface area contributed by atoms with Gasteiger partial charge in [0, 0.05) is 22.7 Å². The summed E-state index contributed by atoms with van der Waals surface area (Å²) in [5.74, 6) is -2.01. The number of nitrogens with zero attached hydrogens (tertiary/aromatic N) is 2. The highest BCUT2D eigenvalue weighted by Crippen LogP contribution is 2.42. The first kappa shape index (κ1) is 22.3. The maximum absolute atomic E-state index is 15.2. The molecule has 178 valence electrons. The van der Waals surface area contributed by atoms with E-state index >= 15 is 4.39 Å². The van der Waals surface area contributed by atoms with Gasteiger partial charge >= 0.3 is 5.97 Å². The number of pyridine rings is 2. The molecule has 2 N–H and O–H groups in total. The molecule has 0 aliphatic rings. The Hall–Kier alpha value is -4.14. The number of aromatic nitrogens is 3. The van der Waals surface area contributed by atoms with Crippen molar-refractivity contribution in [1.29, 1.82) is 0 Å². The van der Waals surface area contributed by atoms with E-state index in [0.717, 1.165) is 5.39 Å². The number of halogens is 3. The first-order valence-corrected chi connectivity index (χ1v) is 11.5. The molecule has 0 radical (unpaired) electrons. The lowest BCUT2D eigenvalue weighted by Crippen LogP contribution is -2.14. The van der Waals surface area contributed by atoms with Crippen LogP contribution in [0.3, 0.4) is 0 Å². The number of furan rings is 1. The van der Waals surface area contributed by atoms with Crippen LogP contribution >= 0.6 is 23.2 Å². The Labute approximate surface area is 211 Å². The Bertz CT molecular complexity index is 1920. The lowest BCUT2D eigenvalue weighted by atomic mass is 10.0. The van der Waals surface area contributed by atoms with Crippen LogP contribution in [0.4, 0.5) is 4.39 Å². The van der Waals surface area contributed by atoms with Gasteiger partial charge in [-0.1, -0.05) is 41.4 Å². The maximum Gasteiger partial charge on any atom is 0.353 e. The van der Waals surface area contributed by atoms with Gasteiger partial charge in [0.15, 0.2) is 0 Å². The van der Waals surface area contributed by atoms with Crippen LogP contribution in [0.2, 0.25) is 10.2 Å². The zero-order valence-corrected chi connectivity index (χ0v) is 19.7. The molecule has 7 nitrogen and oxygen atoms in total. The molecule has 4 heterocycles. The number of para-hydroxylation sites is 1. The molecule has 10 heteroatoms. The van der Waals surface area contributed by atoms with Crippen molar-refractivity contribution < 1.29 is 18.7 Å². The summed E-state index contributed by atoms with van der Waals surface area (Å²) in [6.07, 6.45) is 2.61. The standard InChI is InChI=1S/C26H14Cl2FN3O4/c27-15-11-36-23-20(15)16(29)9-18-21(23)19(14-5-3-7-30-25(14)33)22(26(34)35)32(18)10-13-8-12-4-1-2-6-17(12)31-24(13)28/h1-9,11H,10H2,(H,30,33)(H,34,35). The first-order chi connectivity index (χ1) is 17.3. The number of fused-ring (bicyclic) bond motifs is 4. The molecule has 0 bridgehead atoms. The molecule has 0 aliphatic carbocycles. The minimum atomic E-state index is -1.32. The number of carbonyl (C=O) groups is 1. The second kappa shape index (κ2) is 8.22. The fourth-order valence-corrected chi connectivity index (χ4v) is 5.06. The third kappa shape index (κ3) is 3.30. The number of aromatic carboxylic acids is 1. The predicted octanol–water partition coefficient (Wildman–Crippen LogP) is 6.48. The zero-order valence-electron chi connectivity index (χ0n) is 18.2. The van der Waals surface area contributed by atoms with Crippen molar-refractivity contribution in [3.8, 4) is 11.1 Å². The van der Waals surface area contributed by atoms with Crippen LogP contribution in [0.15, 0.2) is 70.2 Å². The van der Waals surface area contributed by atoms with Crippen LogP contribution in [-0.4, -0.2) is 25.6 Å². The average Bonchev–Trinajstić information content (AvgIpc) is 3.38. The van der Waals surface area contributed by atoms with Crippen LogP contribution in [0, 0.1) is 5.82 Å². The minimum absolute atomic E-state index is 0.00253. The van der Waals surface area contributed by atoms with E-state index in [1.54, 1.807) is 12.1 Å². The zero-order chi connectivity index (χ0) is 25.1. The number of rotatable bonds is 4. The fraction of sp³-hybridized carbons (Fsp3) is 0.0385. The highest BCUT2D eigenvalue weighted by atomic mass is 35.5. The van der Waals surface area contributed by atoms with Gasteiger partial charge in [0.25, 0.3) is 5.56 Å². The summed E-state index contributed by atoms with van der Waals surface area (Å²) in [7, 11) is 0. The van der Waals surface area contributed by atoms with Crippen molar-refractivity contribution in [3.05, 3.63) is 98.6 Å². The summed E-state index contributed by atoms with van der Waals surface area (Å²) in [4.78, 5) is 32.5. The molecule has 0 unspecified atom stereocenters. The van der Waals surface area contributed by atoms with Crippen molar-refractivity contribution in [2.75, 3.05) is 0 Å². The average molecular weight is 522 g/mol. The summed E-state index contributed by atoms with van der Waals surface area (Å²) < 4.78 is 22.2. The molecule has 0 saturated heterocycles. The number of nitrogens with one attached hydrogen (secondary N) is 1. The lowest BCUT2D eigenvalue weighted by molar-refractivity contribution is 0.0687. The van der Waals surface area contributed by atoms with Crippen molar-refractivity contribution in [1.82, 2.24) is 14.5 Å². The van der Waals surface area contributed by atoms with E-state index in [1.807, 2.05) is 24.3 Å². The normalized spacial score (nSPS) is 11.6. The Morgan fingerprint density at radius 2 is 1.94 bits per heavy atom. The summed E-state index contributed by atoms with van der Waals surface area (Å²) >= 11 is 12.7. The van der Waals surface area contributed by atoms with Crippen LogP contribution < -0.4 is 5.56 Å². The highest BCUT2D eigenvalue weighted by molar-refractivity contribution is 6.36. The SMILES string of the molecule is O=C(O)c1c(-c2ccc[nH]c2=O)c2c3occ(Cl)c3c(F)cc2n1Cc1cc2ccccc2nc1Cl. The molecule has 4 aromatic heterocycles. The van der Waals surface area contributed by atoms with E-state index < -0.39 is 17.3 Å². The van der Waals surface area contributed by atoms with Crippen LogP contribution in [0.5, 0.6) is 0 Å². The molecular formula is C26H14Cl2FN3O4. The van der Waals surface area contributed by atoms with Crippen molar-refractivity contribution in [3.63, 3.8) is 0 Å². The van der Waals surface area contributed by atoms with E-state index in [2.05, 4.69) is 9.97 Å². The van der Waals surface area contributed by atoms with E-state index in [1.165, 1.54) is 29.2 Å². The van der Waals surface area contributed by atoms with E-state index in [4.69, 9.17) is 27.6 Å². The van der Waals surface area contributed by atoms with Crippen LogP contribution in [0.1, 0.15) is 16.1 Å². The number of aromatic amines is 1. The number of hydrogen-bond acceptors (Lipinski definition) is 4. The van der Waals surface area contributed by atoms with E-state index in [9.17, 15) is 14.7 Å². The molecule has 6 rings (SSSR count). The second-order valence-corrected chi connectivity index (χ2v) is 8.96. The van der Waals surface area contributed by atoms with Crippen molar-refractivity contribution in [2.45, 2.75) is 6.54 Å². The summed E-state index contributed by atoms with van der Waals surface area (Å²) in [6, 6.07) is 13.4. The van der Waals surface area contributed by atoms with Crippen LogP contribution in [0.25, 0.3) is 43.9 Å². The van der Waals surface area contributed by atoms with Gasteiger partial charge in [0.05, 0.1) is 38.9 Å². The number of carboxylic acid groups (broad SMARTS) is 1. The predicted molar refractivity (Wildman–Crippen MR) is 136 cm³/mol.